The molecule has 0 aliphatic carbocycles. The first-order valence-electron chi connectivity index (χ1n) is 15.4. The van der Waals surface area contributed by atoms with Crippen LogP contribution in [0.2, 0.25) is 0 Å². The molecule has 0 N–H and O–H groups in total. The van der Waals surface area contributed by atoms with Crippen molar-refractivity contribution in [3.63, 3.8) is 0 Å². The van der Waals surface area contributed by atoms with Crippen LogP contribution in [0.25, 0.3) is 60.1 Å². The Morgan fingerprint density at radius 3 is 2.07 bits per heavy atom. The molecule has 3 heterocycles. The number of benzene rings is 4. The molecule has 3 heteroatoms. The lowest BCUT2D eigenvalue weighted by molar-refractivity contribution is -0.643. The number of halogens is 1. The molecule has 0 aliphatic rings. The quantitative estimate of drug-likeness (QED) is 0.116. The van der Waals surface area contributed by atoms with Crippen molar-refractivity contribution in [3.05, 3.63) is 94.4 Å². The van der Waals surface area contributed by atoms with Gasteiger partial charge in [-0.1, -0.05) is 65.8 Å². The summed E-state index contributed by atoms with van der Waals surface area (Å²) in [6.07, 6.45) is 2.19. The minimum atomic E-state index is -0.181. The van der Waals surface area contributed by atoms with E-state index in [0.29, 0.717) is 23.3 Å². The molecule has 2 nitrogen and oxygen atoms in total. The highest BCUT2D eigenvalue weighted by atomic mass is 19.1. The van der Waals surface area contributed by atoms with Gasteiger partial charge < -0.3 is 4.40 Å². The normalized spacial score (nSPS) is 12.7. The van der Waals surface area contributed by atoms with E-state index in [-0.39, 0.29) is 5.82 Å². The zero-order valence-electron chi connectivity index (χ0n) is 26.3. The van der Waals surface area contributed by atoms with Crippen LogP contribution in [0.1, 0.15) is 87.1 Å². The summed E-state index contributed by atoms with van der Waals surface area (Å²) in [6, 6.07) is 19.6. The standard InChI is InChI=1S/C39H40FN2/c1-20(2)26-17-29(21(3)4)35(30(18-26)22(5)6)27-16-25-13-14-41(9)39-34-24(8)23(7)15-31-28-11-10-12-32(40)37(28)42(38(31)34)33(19-27)36(25)39/h10-22H,1-9H3/q+1. The van der Waals surface area contributed by atoms with Gasteiger partial charge in [-0.15, -0.1) is 0 Å². The molecule has 0 saturated carbocycles. The van der Waals surface area contributed by atoms with Crippen molar-refractivity contribution in [1.82, 2.24) is 4.40 Å². The van der Waals surface area contributed by atoms with Gasteiger partial charge in [0.2, 0.25) is 5.52 Å². The summed E-state index contributed by atoms with van der Waals surface area (Å²) in [6.45, 7) is 18.2. The molecule has 0 bridgehead atoms. The third-order valence-corrected chi connectivity index (χ3v) is 9.66. The summed E-state index contributed by atoms with van der Waals surface area (Å²) < 4.78 is 20.4. The Balaban J connectivity index is 1.77. The number of hydrogen-bond donors (Lipinski definition) is 0. The van der Waals surface area contributed by atoms with E-state index in [2.05, 4.69) is 120 Å². The van der Waals surface area contributed by atoms with E-state index in [0.717, 1.165) is 21.8 Å². The Kier molecular flexibility index (Phi) is 5.93. The van der Waals surface area contributed by atoms with E-state index in [9.17, 15) is 0 Å². The topological polar surface area (TPSA) is 8.29 Å². The first kappa shape index (κ1) is 26.9. The largest absolute Gasteiger partial charge is 0.305 e. The summed E-state index contributed by atoms with van der Waals surface area (Å²) in [4.78, 5) is 0. The van der Waals surface area contributed by atoms with E-state index in [1.165, 1.54) is 60.6 Å². The number of para-hydroxylation sites is 1. The van der Waals surface area contributed by atoms with Crippen molar-refractivity contribution in [2.24, 2.45) is 7.05 Å². The van der Waals surface area contributed by atoms with Gasteiger partial charge in [-0.25, -0.2) is 8.96 Å². The van der Waals surface area contributed by atoms with Gasteiger partial charge in [-0.05, 0) is 100 Å². The van der Waals surface area contributed by atoms with Crippen LogP contribution >= 0.6 is 0 Å². The molecule has 0 atom stereocenters. The molecule has 0 radical (unpaired) electrons. The van der Waals surface area contributed by atoms with E-state index in [4.69, 9.17) is 0 Å². The molecule has 7 aromatic rings. The molecular formula is C39H40FN2+. The average Bonchev–Trinajstić information content (AvgIpc) is 3.28. The summed E-state index contributed by atoms with van der Waals surface area (Å²) >= 11 is 0. The van der Waals surface area contributed by atoms with Crippen LogP contribution in [0.3, 0.4) is 0 Å². The van der Waals surface area contributed by atoms with Crippen LogP contribution in [-0.2, 0) is 7.05 Å². The fourth-order valence-electron chi connectivity index (χ4n) is 7.33. The van der Waals surface area contributed by atoms with Gasteiger partial charge in [-0.3, -0.25) is 0 Å². The van der Waals surface area contributed by atoms with Crippen molar-refractivity contribution in [3.8, 4) is 11.1 Å². The molecule has 0 aliphatic heterocycles. The van der Waals surface area contributed by atoms with Crippen LogP contribution in [0.5, 0.6) is 0 Å². The first-order chi connectivity index (χ1) is 20.0. The van der Waals surface area contributed by atoms with Gasteiger partial charge in [0.05, 0.1) is 27.3 Å². The highest BCUT2D eigenvalue weighted by Crippen LogP contribution is 2.45. The predicted molar refractivity (Wildman–Crippen MR) is 177 cm³/mol. The van der Waals surface area contributed by atoms with Crippen molar-refractivity contribution in [2.75, 3.05) is 0 Å². The Morgan fingerprint density at radius 2 is 1.43 bits per heavy atom. The summed E-state index contributed by atoms with van der Waals surface area (Å²) in [7, 11) is 2.14. The van der Waals surface area contributed by atoms with Gasteiger partial charge >= 0.3 is 0 Å². The van der Waals surface area contributed by atoms with Gasteiger partial charge in [0.15, 0.2) is 6.20 Å². The Hall–Kier alpha value is -3.98. The lowest BCUT2D eigenvalue weighted by Crippen LogP contribution is -2.29. The van der Waals surface area contributed by atoms with Gasteiger partial charge in [0.1, 0.15) is 12.9 Å². The fraction of sp³-hybridized carbons (Fsp3) is 0.308. The maximum absolute atomic E-state index is 15.9. The van der Waals surface area contributed by atoms with Crippen LogP contribution in [0, 0.1) is 19.7 Å². The van der Waals surface area contributed by atoms with E-state index >= 15 is 4.39 Å². The van der Waals surface area contributed by atoms with E-state index < -0.39 is 0 Å². The molecule has 0 spiro atoms. The van der Waals surface area contributed by atoms with Crippen molar-refractivity contribution in [2.45, 2.75) is 73.1 Å². The summed E-state index contributed by atoms with van der Waals surface area (Å²) in [5.74, 6) is 1.02. The molecule has 0 amide bonds. The SMILES string of the molecule is Cc1cc2c3cccc(F)c3n3c4cc(-c5c(C(C)C)cc(C(C)C)cc5C(C)C)cc5cc[n+](C)c(c(c1C)c23)c54. The second-order valence-electron chi connectivity index (χ2n) is 13.3. The zero-order chi connectivity index (χ0) is 29.8. The molecule has 4 aromatic carbocycles. The number of aryl methyl sites for hydroxylation is 3. The van der Waals surface area contributed by atoms with Crippen LogP contribution in [-0.4, -0.2) is 4.40 Å². The molecule has 42 heavy (non-hydrogen) atoms. The van der Waals surface area contributed by atoms with Crippen LogP contribution in [0.15, 0.2) is 60.8 Å². The average molecular weight is 556 g/mol. The molecule has 0 saturated heterocycles. The third-order valence-electron chi connectivity index (χ3n) is 9.66. The second-order valence-corrected chi connectivity index (χ2v) is 13.3. The minimum Gasteiger partial charge on any atom is -0.305 e. The van der Waals surface area contributed by atoms with Crippen LogP contribution < -0.4 is 4.57 Å². The number of aromatic nitrogens is 2. The Labute approximate surface area is 247 Å². The van der Waals surface area contributed by atoms with Crippen LogP contribution in [0.4, 0.5) is 4.39 Å². The monoisotopic (exact) mass is 555 g/mol. The van der Waals surface area contributed by atoms with E-state index in [1.54, 1.807) is 6.07 Å². The fourth-order valence-corrected chi connectivity index (χ4v) is 7.33. The zero-order valence-corrected chi connectivity index (χ0v) is 26.3. The van der Waals surface area contributed by atoms with Crippen molar-refractivity contribution < 1.29 is 8.96 Å². The smallest absolute Gasteiger partial charge is 0.224 e. The van der Waals surface area contributed by atoms with Gasteiger partial charge in [-0.2, -0.15) is 0 Å². The molecule has 3 aromatic heterocycles. The molecule has 0 unspecified atom stereocenters. The Morgan fingerprint density at radius 1 is 0.738 bits per heavy atom. The lowest BCUT2D eigenvalue weighted by atomic mass is 9.81. The van der Waals surface area contributed by atoms with Crippen molar-refractivity contribution >= 4 is 49.0 Å². The maximum atomic E-state index is 15.9. The maximum Gasteiger partial charge on any atom is 0.224 e. The Bertz CT molecular complexity index is 2180. The molecular weight excluding hydrogens is 515 g/mol. The van der Waals surface area contributed by atoms with Gasteiger partial charge in [0, 0.05) is 16.8 Å². The predicted octanol–water partition coefficient (Wildman–Crippen LogP) is 10.6. The van der Waals surface area contributed by atoms with Crippen molar-refractivity contribution in [1.29, 1.82) is 0 Å². The number of rotatable bonds is 4. The summed E-state index contributed by atoms with van der Waals surface area (Å²) in [5.41, 5.74) is 13.2. The number of nitrogens with zero attached hydrogens (tertiary/aromatic N) is 2. The van der Waals surface area contributed by atoms with E-state index in [1.807, 2.05) is 6.07 Å². The number of hydrogen-bond acceptors (Lipinski definition) is 0. The molecule has 0 fully saturated rings. The summed E-state index contributed by atoms with van der Waals surface area (Å²) in [5, 5.41) is 5.66. The highest BCUT2D eigenvalue weighted by molar-refractivity contribution is 6.26. The number of fused-ring (bicyclic) bond motifs is 5. The second kappa shape index (κ2) is 9.26. The highest BCUT2D eigenvalue weighted by Gasteiger charge is 2.27. The number of pyridine rings is 2. The molecule has 212 valence electrons. The minimum absolute atomic E-state index is 0.181. The lowest BCUT2D eigenvalue weighted by Gasteiger charge is -2.24. The van der Waals surface area contributed by atoms with Gasteiger partial charge in [0.25, 0.3) is 0 Å². The molecule has 7 rings (SSSR count). The first-order valence-corrected chi connectivity index (χ1v) is 15.4. The third kappa shape index (κ3) is 3.58.